The molecule has 0 bridgehead atoms. The van der Waals surface area contributed by atoms with E-state index in [-0.39, 0.29) is 5.57 Å². The molecule has 0 aromatic heterocycles. The van der Waals surface area contributed by atoms with Gasteiger partial charge in [-0.1, -0.05) is 6.58 Å². The molecule has 0 spiro atoms. The Morgan fingerprint density at radius 3 is 1.46 bits per heavy atom. The fraction of sp³-hybridized carbons (Fsp3) is 0.571. The minimum atomic E-state index is -1.90. The van der Waals surface area contributed by atoms with Crippen molar-refractivity contribution in [2.45, 2.75) is 6.92 Å². The summed E-state index contributed by atoms with van der Waals surface area (Å²) in [4.78, 5) is 9.49. The van der Waals surface area contributed by atoms with Crippen molar-refractivity contribution in [3.8, 4) is 0 Å². The van der Waals surface area contributed by atoms with E-state index in [2.05, 4.69) is 6.58 Å². The van der Waals surface area contributed by atoms with Gasteiger partial charge >= 0.3 is 50.3 Å². The molecule has 0 saturated heterocycles. The van der Waals surface area contributed by atoms with Crippen LogP contribution in [-0.2, 0) is 33.8 Å². The zero-order chi connectivity index (χ0) is 10.9. The second-order valence-electron chi connectivity index (χ2n) is 1.93. The van der Waals surface area contributed by atoms with Crippen molar-refractivity contribution in [1.29, 1.82) is 0 Å². The summed E-state index contributed by atoms with van der Waals surface area (Å²) < 4.78 is 14.3. The first-order valence-corrected chi connectivity index (χ1v) is 5.26. The van der Waals surface area contributed by atoms with Crippen LogP contribution in [0.25, 0.3) is 0 Å². The molecule has 0 aliphatic carbocycles. The number of hydrogen-bond donors (Lipinski definition) is 0. The number of carbonyl (C=O) groups excluding carboxylic acids is 1. The van der Waals surface area contributed by atoms with Gasteiger partial charge in [0.05, 0.1) is 5.97 Å². The van der Waals surface area contributed by atoms with Crippen molar-refractivity contribution in [2.75, 3.05) is 21.3 Å². The molecule has 0 atom stereocenters. The first-order valence-electron chi connectivity index (χ1n) is 3.35. The van der Waals surface area contributed by atoms with Crippen LogP contribution in [0.5, 0.6) is 0 Å². The molecular formula is C7H14O5Ti. The van der Waals surface area contributed by atoms with Crippen LogP contribution in [0.2, 0.25) is 0 Å². The normalized spacial score (nSPS) is 8.31. The predicted octanol–water partition coefficient (Wildman–Crippen LogP) is -0.399. The van der Waals surface area contributed by atoms with Gasteiger partial charge in [0.2, 0.25) is 0 Å². The van der Waals surface area contributed by atoms with Gasteiger partial charge in [0.15, 0.2) is 0 Å². The first kappa shape index (κ1) is 15.3. The van der Waals surface area contributed by atoms with Gasteiger partial charge < -0.3 is 9.90 Å². The first-order chi connectivity index (χ1) is 5.99. The predicted molar refractivity (Wildman–Crippen MR) is 40.8 cm³/mol. The van der Waals surface area contributed by atoms with Gasteiger partial charge in [-0.3, -0.25) is 0 Å². The van der Waals surface area contributed by atoms with Gasteiger partial charge in [-0.15, -0.1) is 0 Å². The molecule has 5 nitrogen and oxygen atoms in total. The number of carboxylic acid groups (broad SMARTS) is 1. The Bertz CT molecular complexity index is 137. The van der Waals surface area contributed by atoms with Gasteiger partial charge in [-0.25, -0.2) is 0 Å². The molecule has 0 aliphatic rings. The van der Waals surface area contributed by atoms with E-state index in [0.717, 1.165) is 0 Å². The van der Waals surface area contributed by atoms with Crippen molar-refractivity contribution < 1.29 is 38.9 Å². The van der Waals surface area contributed by atoms with Gasteiger partial charge in [0, 0.05) is 0 Å². The Hall–Kier alpha value is -0.196. The molecule has 0 aromatic carbocycles. The zero-order valence-corrected chi connectivity index (χ0v) is 9.81. The van der Waals surface area contributed by atoms with E-state index in [0.29, 0.717) is 0 Å². The van der Waals surface area contributed by atoms with Gasteiger partial charge in [-0.05, 0) is 12.5 Å². The van der Waals surface area contributed by atoms with Crippen molar-refractivity contribution >= 4 is 5.97 Å². The standard InChI is InChI=1S/C4H6O2.3CH3O.Ti/c1-3(2)4(5)6;3*1-2;/h1H2,2H3,(H,5,6);3*1H3;/q;3*-1;+4/p-1. The molecule has 6 heteroatoms. The molecule has 0 radical (unpaired) electrons. The van der Waals surface area contributed by atoms with Crippen molar-refractivity contribution in [3.05, 3.63) is 12.2 Å². The number of aliphatic carboxylic acids is 1. The molecule has 0 saturated carbocycles. The number of carbonyl (C=O) groups is 1. The number of carboxylic acids is 1. The van der Waals surface area contributed by atoms with Crippen molar-refractivity contribution in [1.82, 2.24) is 0 Å². The van der Waals surface area contributed by atoms with E-state index < -0.39 is 25.0 Å². The Morgan fingerprint density at radius 1 is 1.23 bits per heavy atom. The third kappa shape index (κ3) is 11.8. The van der Waals surface area contributed by atoms with E-state index >= 15 is 0 Å². The van der Waals surface area contributed by atoms with Crippen LogP contribution in [0.4, 0.5) is 0 Å². The third-order valence-corrected chi connectivity index (χ3v) is 2.41. The molecule has 0 heterocycles. The summed E-state index contributed by atoms with van der Waals surface area (Å²) >= 11 is -1.90. The summed E-state index contributed by atoms with van der Waals surface area (Å²) in [6, 6.07) is 0. The molecule has 13 heavy (non-hydrogen) atoms. The Labute approximate surface area is 85.6 Å². The summed E-state index contributed by atoms with van der Waals surface area (Å²) in [5.41, 5.74) is 0.0648. The van der Waals surface area contributed by atoms with Crippen molar-refractivity contribution in [3.63, 3.8) is 0 Å². The SMILES string of the molecule is C=C(C)C(=O)[O-].C[O][Ti+]([O]C)[O]C. The van der Waals surface area contributed by atoms with Crippen LogP contribution >= 0.6 is 0 Å². The Kier molecular flexibility index (Phi) is 11.6. The van der Waals surface area contributed by atoms with Gasteiger partial charge in [0.25, 0.3) is 0 Å². The second-order valence-corrected chi connectivity index (χ2v) is 4.62. The summed E-state index contributed by atoms with van der Waals surface area (Å²) in [6.07, 6.45) is 0. The zero-order valence-electron chi connectivity index (χ0n) is 8.25. The Balaban J connectivity index is 0. The van der Waals surface area contributed by atoms with E-state index in [1.165, 1.54) is 6.92 Å². The molecule has 0 unspecified atom stereocenters. The fourth-order valence-corrected chi connectivity index (χ4v) is 1.03. The summed E-state index contributed by atoms with van der Waals surface area (Å²) in [5.74, 6) is -1.19. The van der Waals surface area contributed by atoms with Crippen LogP contribution in [0.15, 0.2) is 12.2 Å². The molecule has 0 aromatic rings. The van der Waals surface area contributed by atoms with Crippen LogP contribution in [0.3, 0.4) is 0 Å². The van der Waals surface area contributed by atoms with Gasteiger partial charge in [0.1, 0.15) is 0 Å². The molecule has 0 amide bonds. The maximum absolute atomic E-state index is 9.49. The molecule has 0 aliphatic heterocycles. The summed E-state index contributed by atoms with van der Waals surface area (Å²) in [5, 5.41) is 9.49. The molecule has 0 fully saturated rings. The summed E-state index contributed by atoms with van der Waals surface area (Å²) in [7, 11) is 4.76. The quantitative estimate of drug-likeness (QED) is 0.482. The molecule has 0 N–H and O–H groups in total. The summed E-state index contributed by atoms with van der Waals surface area (Å²) in [6.45, 7) is 4.48. The van der Waals surface area contributed by atoms with E-state index in [1.54, 1.807) is 21.3 Å². The van der Waals surface area contributed by atoms with Crippen LogP contribution in [0.1, 0.15) is 6.92 Å². The maximum atomic E-state index is 9.49. The van der Waals surface area contributed by atoms with Crippen molar-refractivity contribution in [2.24, 2.45) is 0 Å². The van der Waals surface area contributed by atoms with E-state index in [1.807, 2.05) is 0 Å². The average molecular weight is 226 g/mol. The monoisotopic (exact) mass is 226 g/mol. The fourth-order valence-electron chi connectivity index (χ4n) is 0.250. The topological polar surface area (TPSA) is 67.8 Å². The third-order valence-electron chi connectivity index (χ3n) is 0.848. The van der Waals surface area contributed by atoms with Crippen LogP contribution < -0.4 is 5.11 Å². The molecular weight excluding hydrogens is 212 g/mol. The number of hydrogen-bond acceptors (Lipinski definition) is 5. The average Bonchev–Trinajstić information content (AvgIpc) is 2.08. The second kappa shape index (κ2) is 9.89. The van der Waals surface area contributed by atoms with Crippen LogP contribution in [0, 0.1) is 0 Å². The van der Waals surface area contributed by atoms with E-state index in [4.69, 9.17) is 9.96 Å². The minimum absolute atomic E-state index is 0.0648. The number of rotatable bonds is 4. The van der Waals surface area contributed by atoms with Gasteiger partial charge in [-0.2, -0.15) is 0 Å². The molecule has 76 valence electrons. The van der Waals surface area contributed by atoms with Crippen LogP contribution in [-0.4, -0.2) is 27.3 Å². The van der Waals surface area contributed by atoms with E-state index in [9.17, 15) is 9.90 Å². The molecule has 0 rings (SSSR count). The Morgan fingerprint density at radius 2 is 1.46 bits per heavy atom.